The summed E-state index contributed by atoms with van der Waals surface area (Å²) in [7, 11) is -3.44. The highest BCUT2D eigenvalue weighted by atomic mass is 35.5. The van der Waals surface area contributed by atoms with Gasteiger partial charge in [0.15, 0.2) is 0 Å². The molecule has 29 heavy (non-hydrogen) atoms. The number of nitrogens with zero attached hydrogens (tertiary/aromatic N) is 1. The van der Waals surface area contributed by atoms with E-state index in [1.165, 1.54) is 10.6 Å². The minimum Gasteiger partial charge on any atom is -0.490 e. The summed E-state index contributed by atoms with van der Waals surface area (Å²) < 4.78 is 31.2. The molecular weight excluding hydrogens is 432 g/mol. The predicted molar refractivity (Wildman–Crippen MR) is 120 cm³/mol. The van der Waals surface area contributed by atoms with Gasteiger partial charge in [-0.1, -0.05) is 29.8 Å². The van der Waals surface area contributed by atoms with Crippen LogP contribution in [0.15, 0.2) is 53.4 Å². The number of halogens is 1. The third kappa shape index (κ3) is 7.79. The molecule has 0 radical (unpaired) electrons. The number of para-hydroxylation sites is 1. The van der Waals surface area contributed by atoms with Crippen LogP contribution in [-0.4, -0.2) is 46.5 Å². The van der Waals surface area contributed by atoms with Gasteiger partial charge in [-0.15, -0.1) is 11.8 Å². The molecule has 0 bridgehead atoms. The van der Waals surface area contributed by atoms with Crippen molar-refractivity contribution < 1.29 is 17.9 Å². The van der Waals surface area contributed by atoms with Gasteiger partial charge in [0.1, 0.15) is 12.4 Å². The molecule has 0 aliphatic rings. The number of carbonyl (C=O) groups is 1. The minimum atomic E-state index is -3.44. The number of anilines is 1. The fraction of sp³-hybridized carbons (Fsp3) is 0.350. The van der Waals surface area contributed by atoms with E-state index < -0.39 is 10.0 Å². The third-order valence-electron chi connectivity index (χ3n) is 4.03. The number of hydrogen-bond donors (Lipinski definition) is 1. The summed E-state index contributed by atoms with van der Waals surface area (Å²) in [4.78, 5) is 13.0. The van der Waals surface area contributed by atoms with E-state index in [9.17, 15) is 13.2 Å². The van der Waals surface area contributed by atoms with Crippen molar-refractivity contribution in [3.63, 3.8) is 0 Å². The molecule has 6 nitrogen and oxygen atoms in total. The molecule has 2 aromatic rings. The van der Waals surface area contributed by atoms with Crippen LogP contribution >= 0.6 is 23.4 Å². The van der Waals surface area contributed by atoms with Gasteiger partial charge in [-0.25, -0.2) is 8.42 Å². The molecule has 0 aliphatic carbocycles. The molecule has 9 heteroatoms. The van der Waals surface area contributed by atoms with E-state index >= 15 is 0 Å². The Morgan fingerprint density at radius 3 is 2.66 bits per heavy atom. The van der Waals surface area contributed by atoms with E-state index in [4.69, 9.17) is 16.3 Å². The SMILES string of the molecule is CSc1cccc(N(CCCC(=O)NCCOc2ccccc2Cl)S(C)(=O)=O)c1. The van der Waals surface area contributed by atoms with E-state index in [0.29, 0.717) is 36.0 Å². The molecule has 0 saturated carbocycles. The molecule has 1 amide bonds. The molecule has 0 fully saturated rings. The first-order chi connectivity index (χ1) is 13.8. The first-order valence-corrected chi connectivity index (χ1v) is 12.5. The Balaban J connectivity index is 1.78. The molecule has 0 spiro atoms. The second-order valence-electron chi connectivity index (χ2n) is 6.27. The summed E-state index contributed by atoms with van der Waals surface area (Å²) in [5.41, 5.74) is 0.605. The van der Waals surface area contributed by atoms with Crippen molar-refractivity contribution in [1.29, 1.82) is 0 Å². The largest absolute Gasteiger partial charge is 0.490 e. The lowest BCUT2D eigenvalue weighted by Crippen LogP contribution is -2.33. The average molecular weight is 457 g/mol. The lowest BCUT2D eigenvalue weighted by atomic mass is 10.2. The predicted octanol–water partition coefficient (Wildman–Crippen LogP) is 3.80. The number of rotatable bonds is 11. The van der Waals surface area contributed by atoms with Gasteiger partial charge in [0, 0.05) is 17.9 Å². The smallest absolute Gasteiger partial charge is 0.232 e. The first-order valence-electron chi connectivity index (χ1n) is 9.07. The standard InChI is InChI=1S/C20H25ClN2O4S2/c1-28-17-8-5-7-16(15-17)23(29(2,25)26)13-6-11-20(24)22-12-14-27-19-10-4-3-9-18(19)21/h3-5,7-10,15H,6,11-14H2,1-2H3,(H,22,24). The Morgan fingerprint density at radius 1 is 1.21 bits per heavy atom. The van der Waals surface area contributed by atoms with Gasteiger partial charge in [0.25, 0.3) is 0 Å². The number of thioether (sulfide) groups is 1. The van der Waals surface area contributed by atoms with Crippen LogP contribution < -0.4 is 14.4 Å². The van der Waals surface area contributed by atoms with Crippen molar-refractivity contribution in [2.24, 2.45) is 0 Å². The highest BCUT2D eigenvalue weighted by molar-refractivity contribution is 7.98. The number of sulfonamides is 1. The van der Waals surface area contributed by atoms with Gasteiger partial charge in [-0.05, 0) is 43.0 Å². The van der Waals surface area contributed by atoms with Crippen molar-refractivity contribution >= 4 is 45.0 Å². The van der Waals surface area contributed by atoms with Crippen LogP contribution in [0.3, 0.4) is 0 Å². The Labute approximate surface area is 181 Å². The normalized spacial score (nSPS) is 11.1. The molecule has 0 heterocycles. The van der Waals surface area contributed by atoms with Crippen molar-refractivity contribution in [3.05, 3.63) is 53.6 Å². The van der Waals surface area contributed by atoms with E-state index in [1.54, 1.807) is 30.0 Å². The van der Waals surface area contributed by atoms with Gasteiger partial charge in [0.2, 0.25) is 15.9 Å². The molecule has 0 saturated heterocycles. The molecule has 2 aromatic carbocycles. The number of ether oxygens (including phenoxy) is 1. The maximum atomic E-state index is 12.2. The fourth-order valence-corrected chi connectivity index (χ4v) is 4.24. The molecule has 0 unspecified atom stereocenters. The molecule has 2 rings (SSSR count). The molecule has 0 atom stereocenters. The fourth-order valence-electron chi connectivity index (χ4n) is 2.64. The van der Waals surface area contributed by atoms with Crippen LogP contribution in [0.4, 0.5) is 5.69 Å². The topological polar surface area (TPSA) is 75.7 Å². The maximum absolute atomic E-state index is 12.2. The number of nitrogens with one attached hydrogen (secondary N) is 1. The van der Waals surface area contributed by atoms with Crippen molar-refractivity contribution in [2.45, 2.75) is 17.7 Å². The van der Waals surface area contributed by atoms with Crippen molar-refractivity contribution in [2.75, 3.05) is 36.5 Å². The number of amides is 1. The lowest BCUT2D eigenvalue weighted by molar-refractivity contribution is -0.121. The summed E-state index contributed by atoms with van der Waals surface area (Å²) in [5, 5.41) is 3.28. The Morgan fingerprint density at radius 2 is 1.97 bits per heavy atom. The molecule has 158 valence electrons. The highest BCUT2D eigenvalue weighted by Crippen LogP contribution is 2.24. The quantitative estimate of drug-likeness (QED) is 0.411. The minimum absolute atomic E-state index is 0.154. The van der Waals surface area contributed by atoms with Crippen molar-refractivity contribution in [3.8, 4) is 5.75 Å². The second-order valence-corrected chi connectivity index (χ2v) is 9.46. The van der Waals surface area contributed by atoms with Crippen molar-refractivity contribution in [1.82, 2.24) is 5.32 Å². The molecule has 0 aliphatic heterocycles. The Bertz CT molecular complexity index is 922. The van der Waals surface area contributed by atoms with E-state index in [0.717, 1.165) is 4.90 Å². The summed E-state index contributed by atoms with van der Waals surface area (Å²) in [5.74, 6) is 0.416. The summed E-state index contributed by atoms with van der Waals surface area (Å²) >= 11 is 7.55. The third-order valence-corrected chi connectivity index (χ3v) is 6.26. The first kappa shape index (κ1) is 23.4. The van der Waals surface area contributed by atoms with Gasteiger partial charge >= 0.3 is 0 Å². The molecular formula is C20H25ClN2O4S2. The number of hydrogen-bond acceptors (Lipinski definition) is 5. The molecule has 1 N–H and O–H groups in total. The lowest BCUT2D eigenvalue weighted by Gasteiger charge is -2.22. The molecule has 0 aromatic heterocycles. The monoisotopic (exact) mass is 456 g/mol. The highest BCUT2D eigenvalue weighted by Gasteiger charge is 2.18. The van der Waals surface area contributed by atoms with Crippen LogP contribution in [0.25, 0.3) is 0 Å². The van der Waals surface area contributed by atoms with E-state index in [-0.39, 0.29) is 18.9 Å². The zero-order chi connectivity index (χ0) is 21.3. The van der Waals surface area contributed by atoms with Gasteiger partial charge in [-0.2, -0.15) is 0 Å². The number of benzene rings is 2. The van der Waals surface area contributed by atoms with Gasteiger partial charge in [-0.3, -0.25) is 9.10 Å². The van der Waals surface area contributed by atoms with Crippen LogP contribution in [0.5, 0.6) is 5.75 Å². The summed E-state index contributed by atoms with van der Waals surface area (Å²) in [6, 6.07) is 14.5. The summed E-state index contributed by atoms with van der Waals surface area (Å²) in [6.45, 7) is 0.877. The van der Waals surface area contributed by atoms with Crippen LogP contribution in [0, 0.1) is 0 Å². The Kier molecular flexibility index (Phi) is 9.13. The van der Waals surface area contributed by atoms with Crippen LogP contribution in [-0.2, 0) is 14.8 Å². The van der Waals surface area contributed by atoms with Gasteiger partial charge in [0.05, 0.1) is 23.5 Å². The maximum Gasteiger partial charge on any atom is 0.232 e. The van der Waals surface area contributed by atoms with Gasteiger partial charge < -0.3 is 10.1 Å². The van der Waals surface area contributed by atoms with E-state index in [1.807, 2.05) is 36.6 Å². The number of carbonyl (C=O) groups excluding carboxylic acids is 1. The Hall–Kier alpha value is -1.90. The summed E-state index contributed by atoms with van der Waals surface area (Å²) in [6.07, 6.45) is 3.74. The average Bonchev–Trinajstić information content (AvgIpc) is 2.69. The van der Waals surface area contributed by atoms with Crippen LogP contribution in [0.1, 0.15) is 12.8 Å². The van der Waals surface area contributed by atoms with Crippen LogP contribution in [0.2, 0.25) is 5.02 Å². The second kappa shape index (κ2) is 11.3. The zero-order valence-corrected chi connectivity index (χ0v) is 18.8. The van der Waals surface area contributed by atoms with E-state index in [2.05, 4.69) is 5.32 Å². The zero-order valence-electron chi connectivity index (χ0n) is 16.4.